The molecule has 2 atom stereocenters. The Hall–Kier alpha value is -1.20. The minimum absolute atomic E-state index is 0.00497. The molecule has 2 unspecified atom stereocenters. The van der Waals surface area contributed by atoms with Gasteiger partial charge in [0.05, 0.1) is 11.7 Å². The first kappa shape index (κ1) is 16.2. The molecule has 1 aliphatic carbocycles. The van der Waals surface area contributed by atoms with E-state index in [1.54, 1.807) is 0 Å². The zero-order valence-corrected chi connectivity index (χ0v) is 13.1. The van der Waals surface area contributed by atoms with Crippen molar-refractivity contribution in [3.05, 3.63) is 34.9 Å². The summed E-state index contributed by atoms with van der Waals surface area (Å²) in [5.41, 5.74) is 1.09. The number of amides is 1. The van der Waals surface area contributed by atoms with Gasteiger partial charge in [-0.15, -0.1) is 11.8 Å². The Morgan fingerprint density at radius 1 is 1.38 bits per heavy atom. The molecule has 0 heterocycles. The van der Waals surface area contributed by atoms with Gasteiger partial charge < -0.3 is 10.4 Å². The molecule has 1 amide bonds. The van der Waals surface area contributed by atoms with E-state index in [2.05, 4.69) is 5.32 Å². The zero-order valence-electron chi connectivity index (χ0n) is 11.5. The van der Waals surface area contributed by atoms with E-state index in [9.17, 15) is 9.59 Å². The maximum Gasteiger partial charge on any atom is 0.306 e. The molecule has 0 radical (unpaired) electrons. The second kappa shape index (κ2) is 7.71. The van der Waals surface area contributed by atoms with Crippen molar-refractivity contribution in [3.8, 4) is 0 Å². The first-order chi connectivity index (χ1) is 10.0. The van der Waals surface area contributed by atoms with E-state index >= 15 is 0 Å². The lowest BCUT2D eigenvalue weighted by Crippen LogP contribution is -2.34. The molecule has 1 aromatic carbocycles. The molecule has 2 rings (SSSR count). The minimum atomic E-state index is -0.762. The number of benzene rings is 1. The molecule has 114 valence electrons. The maximum atomic E-state index is 11.8. The van der Waals surface area contributed by atoms with Crippen LogP contribution in [0, 0.1) is 5.92 Å². The number of carboxylic acid groups (broad SMARTS) is 1. The summed E-state index contributed by atoms with van der Waals surface area (Å²) in [5, 5.41) is 12.5. The third-order valence-electron chi connectivity index (χ3n) is 3.54. The SMILES string of the molecule is O=C(CSCc1cccc(Cl)c1)NC1CCC(C(=O)O)C1. The summed E-state index contributed by atoms with van der Waals surface area (Å²) >= 11 is 7.43. The van der Waals surface area contributed by atoms with Crippen molar-refractivity contribution in [2.45, 2.75) is 31.1 Å². The second-order valence-corrected chi connectivity index (χ2v) is 6.66. The minimum Gasteiger partial charge on any atom is -0.481 e. The van der Waals surface area contributed by atoms with Gasteiger partial charge in [0.15, 0.2) is 0 Å². The van der Waals surface area contributed by atoms with Crippen LogP contribution in [0.4, 0.5) is 0 Å². The number of nitrogens with one attached hydrogen (secondary N) is 1. The number of carbonyl (C=O) groups is 2. The number of rotatable bonds is 6. The molecule has 0 bridgehead atoms. The van der Waals surface area contributed by atoms with Gasteiger partial charge in [0, 0.05) is 16.8 Å². The predicted octanol–water partition coefficient (Wildman–Crippen LogP) is 2.94. The van der Waals surface area contributed by atoms with Crippen molar-refractivity contribution in [1.29, 1.82) is 0 Å². The number of hydrogen-bond acceptors (Lipinski definition) is 3. The third-order valence-corrected chi connectivity index (χ3v) is 4.78. The highest BCUT2D eigenvalue weighted by Crippen LogP contribution is 2.25. The Bertz CT molecular complexity index is 523. The smallest absolute Gasteiger partial charge is 0.306 e. The van der Waals surface area contributed by atoms with Crippen LogP contribution >= 0.6 is 23.4 Å². The van der Waals surface area contributed by atoms with Crippen molar-refractivity contribution in [2.75, 3.05) is 5.75 Å². The lowest BCUT2D eigenvalue weighted by atomic mass is 10.1. The zero-order chi connectivity index (χ0) is 15.2. The first-order valence-electron chi connectivity index (χ1n) is 6.89. The lowest BCUT2D eigenvalue weighted by molar-refractivity contribution is -0.141. The van der Waals surface area contributed by atoms with Crippen molar-refractivity contribution in [2.24, 2.45) is 5.92 Å². The van der Waals surface area contributed by atoms with Gasteiger partial charge in [-0.05, 0) is 37.0 Å². The fraction of sp³-hybridized carbons (Fsp3) is 0.467. The van der Waals surface area contributed by atoms with E-state index < -0.39 is 5.97 Å². The van der Waals surface area contributed by atoms with Crippen LogP contribution in [0.25, 0.3) is 0 Å². The van der Waals surface area contributed by atoms with Crippen molar-refractivity contribution >= 4 is 35.2 Å². The molecule has 1 aromatic rings. The van der Waals surface area contributed by atoms with Crippen molar-refractivity contribution < 1.29 is 14.7 Å². The number of thioether (sulfide) groups is 1. The quantitative estimate of drug-likeness (QED) is 0.843. The number of hydrogen-bond donors (Lipinski definition) is 2. The molecule has 21 heavy (non-hydrogen) atoms. The molecule has 1 fully saturated rings. The molecule has 1 aliphatic rings. The van der Waals surface area contributed by atoms with Crippen LogP contribution in [-0.4, -0.2) is 28.8 Å². The molecule has 6 heteroatoms. The van der Waals surface area contributed by atoms with Gasteiger partial charge in [-0.25, -0.2) is 0 Å². The largest absolute Gasteiger partial charge is 0.481 e. The van der Waals surface area contributed by atoms with Gasteiger partial charge >= 0.3 is 5.97 Å². The lowest BCUT2D eigenvalue weighted by Gasteiger charge is -2.12. The highest BCUT2D eigenvalue weighted by Gasteiger charge is 2.30. The summed E-state index contributed by atoms with van der Waals surface area (Å²) in [6, 6.07) is 7.58. The topological polar surface area (TPSA) is 66.4 Å². The van der Waals surface area contributed by atoms with E-state index in [0.717, 1.165) is 17.7 Å². The Morgan fingerprint density at radius 2 is 2.19 bits per heavy atom. The summed E-state index contributed by atoms with van der Waals surface area (Å²) in [6.07, 6.45) is 1.94. The average Bonchev–Trinajstić information content (AvgIpc) is 2.87. The normalized spacial score (nSPS) is 21.2. The van der Waals surface area contributed by atoms with Crippen LogP contribution < -0.4 is 5.32 Å². The van der Waals surface area contributed by atoms with Gasteiger partial charge in [0.2, 0.25) is 5.91 Å². The Labute approximate surface area is 133 Å². The summed E-state index contributed by atoms with van der Waals surface area (Å²) in [6.45, 7) is 0. The van der Waals surface area contributed by atoms with E-state index in [0.29, 0.717) is 23.6 Å². The molecule has 0 spiro atoms. The van der Waals surface area contributed by atoms with E-state index in [1.807, 2.05) is 24.3 Å². The summed E-state index contributed by atoms with van der Waals surface area (Å²) in [5.74, 6) is 0.00602. The Morgan fingerprint density at radius 3 is 2.86 bits per heavy atom. The summed E-state index contributed by atoms with van der Waals surface area (Å²) in [7, 11) is 0. The van der Waals surface area contributed by atoms with Crippen LogP contribution in [0.15, 0.2) is 24.3 Å². The molecule has 0 aliphatic heterocycles. The van der Waals surface area contributed by atoms with Crippen LogP contribution in [0.1, 0.15) is 24.8 Å². The standard InChI is InChI=1S/C15H18ClNO3S/c16-12-3-1-2-10(6-12)8-21-9-14(18)17-13-5-4-11(7-13)15(19)20/h1-3,6,11,13H,4-5,7-9H2,(H,17,18)(H,19,20). The van der Waals surface area contributed by atoms with Gasteiger partial charge in [-0.3, -0.25) is 9.59 Å². The van der Waals surface area contributed by atoms with Gasteiger partial charge in [0.25, 0.3) is 0 Å². The van der Waals surface area contributed by atoms with Crippen LogP contribution in [0.3, 0.4) is 0 Å². The molecule has 0 saturated heterocycles. The molecular weight excluding hydrogens is 310 g/mol. The van der Waals surface area contributed by atoms with Crippen molar-refractivity contribution in [1.82, 2.24) is 5.32 Å². The Kier molecular flexibility index (Phi) is 5.94. The molecule has 1 saturated carbocycles. The summed E-state index contributed by atoms with van der Waals surface area (Å²) < 4.78 is 0. The fourth-order valence-electron chi connectivity index (χ4n) is 2.49. The van der Waals surface area contributed by atoms with Gasteiger partial charge in [-0.1, -0.05) is 23.7 Å². The Balaban J connectivity index is 1.67. The van der Waals surface area contributed by atoms with Gasteiger partial charge in [-0.2, -0.15) is 0 Å². The van der Waals surface area contributed by atoms with Crippen LogP contribution in [0.2, 0.25) is 5.02 Å². The number of halogens is 1. The molecule has 4 nitrogen and oxygen atoms in total. The average molecular weight is 328 g/mol. The number of carbonyl (C=O) groups excluding carboxylic acids is 1. The van der Waals surface area contributed by atoms with Crippen LogP contribution in [-0.2, 0) is 15.3 Å². The van der Waals surface area contributed by atoms with Gasteiger partial charge in [0.1, 0.15) is 0 Å². The monoisotopic (exact) mass is 327 g/mol. The number of aliphatic carboxylic acids is 1. The predicted molar refractivity (Wildman–Crippen MR) is 84.5 cm³/mol. The van der Waals surface area contributed by atoms with E-state index in [1.165, 1.54) is 11.8 Å². The molecular formula is C15H18ClNO3S. The molecule has 0 aromatic heterocycles. The van der Waals surface area contributed by atoms with Crippen molar-refractivity contribution in [3.63, 3.8) is 0 Å². The first-order valence-corrected chi connectivity index (χ1v) is 8.42. The summed E-state index contributed by atoms with van der Waals surface area (Å²) in [4.78, 5) is 22.7. The second-order valence-electron chi connectivity index (χ2n) is 5.24. The highest BCUT2D eigenvalue weighted by atomic mass is 35.5. The number of carboxylic acids is 1. The van der Waals surface area contributed by atoms with E-state index in [-0.39, 0.29) is 17.9 Å². The van der Waals surface area contributed by atoms with E-state index in [4.69, 9.17) is 16.7 Å². The molecule has 2 N–H and O–H groups in total. The third kappa shape index (κ3) is 5.25. The fourth-order valence-corrected chi connectivity index (χ4v) is 3.49. The maximum absolute atomic E-state index is 11.8. The van der Waals surface area contributed by atoms with Crippen LogP contribution in [0.5, 0.6) is 0 Å². The highest BCUT2D eigenvalue weighted by molar-refractivity contribution is 7.99.